The Morgan fingerprint density at radius 3 is 2.89 bits per heavy atom. The quantitative estimate of drug-likeness (QED) is 0.866. The Hall–Kier alpha value is -1.13. The summed E-state index contributed by atoms with van der Waals surface area (Å²) in [6, 6.07) is 7.32. The number of nitrogens with zero attached hydrogens (tertiary/aromatic N) is 2. The van der Waals surface area contributed by atoms with Gasteiger partial charge in [0.05, 0.1) is 12.2 Å². The van der Waals surface area contributed by atoms with Gasteiger partial charge < -0.3 is 5.32 Å². The third-order valence-corrected chi connectivity index (χ3v) is 4.54. The monoisotopic (exact) mass is 261 g/mol. The SMILES string of the molecule is CCc1ccc(Cn2nccc2CNC2CC2)s1. The molecule has 0 bridgehead atoms. The molecule has 1 aliphatic carbocycles. The van der Waals surface area contributed by atoms with Gasteiger partial charge >= 0.3 is 0 Å². The van der Waals surface area contributed by atoms with Gasteiger partial charge in [-0.3, -0.25) is 4.68 Å². The van der Waals surface area contributed by atoms with Crippen LogP contribution in [0.4, 0.5) is 0 Å². The Balaban J connectivity index is 1.65. The first-order chi connectivity index (χ1) is 8.85. The van der Waals surface area contributed by atoms with Crippen molar-refractivity contribution in [2.75, 3.05) is 0 Å². The molecule has 0 atom stereocenters. The van der Waals surface area contributed by atoms with E-state index in [1.165, 1.54) is 28.3 Å². The van der Waals surface area contributed by atoms with E-state index in [4.69, 9.17) is 0 Å². The van der Waals surface area contributed by atoms with Crippen molar-refractivity contribution in [3.05, 3.63) is 39.8 Å². The van der Waals surface area contributed by atoms with Crippen molar-refractivity contribution in [1.29, 1.82) is 0 Å². The molecule has 2 heterocycles. The fourth-order valence-electron chi connectivity index (χ4n) is 2.03. The van der Waals surface area contributed by atoms with E-state index in [1.807, 2.05) is 17.5 Å². The van der Waals surface area contributed by atoms with Gasteiger partial charge in [-0.15, -0.1) is 11.3 Å². The number of hydrogen-bond acceptors (Lipinski definition) is 3. The van der Waals surface area contributed by atoms with Crippen molar-refractivity contribution in [2.45, 2.75) is 45.3 Å². The highest BCUT2D eigenvalue weighted by molar-refractivity contribution is 7.11. The van der Waals surface area contributed by atoms with E-state index in [9.17, 15) is 0 Å². The van der Waals surface area contributed by atoms with E-state index in [1.54, 1.807) is 0 Å². The second-order valence-corrected chi connectivity index (χ2v) is 6.11. The normalized spacial score (nSPS) is 15.2. The van der Waals surface area contributed by atoms with Crippen LogP contribution in [0.15, 0.2) is 24.4 Å². The average molecular weight is 261 g/mol. The molecule has 0 aliphatic heterocycles. The molecule has 1 aliphatic rings. The van der Waals surface area contributed by atoms with Gasteiger partial charge in [-0.05, 0) is 37.5 Å². The molecule has 0 amide bonds. The summed E-state index contributed by atoms with van der Waals surface area (Å²) in [5.74, 6) is 0. The molecule has 2 aromatic rings. The summed E-state index contributed by atoms with van der Waals surface area (Å²) < 4.78 is 2.11. The van der Waals surface area contributed by atoms with E-state index >= 15 is 0 Å². The molecule has 0 spiro atoms. The summed E-state index contributed by atoms with van der Waals surface area (Å²) in [7, 11) is 0. The first-order valence-corrected chi connectivity index (χ1v) is 7.48. The summed E-state index contributed by atoms with van der Waals surface area (Å²) in [5, 5.41) is 7.97. The van der Waals surface area contributed by atoms with Gasteiger partial charge in [0.25, 0.3) is 0 Å². The molecule has 2 aromatic heterocycles. The van der Waals surface area contributed by atoms with Crippen molar-refractivity contribution >= 4 is 11.3 Å². The zero-order valence-electron chi connectivity index (χ0n) is 10.7. The Kier molecular flexibility index (Phi) is 3.48. The molecule has 1 saturated carbocycles. The van der Waals surface area contributed by atoms with Crippen LogP contribution >= 0.6 is 11.3 Å². The van der Waals surface area contributed by atoms with Crippen LogP contribution in [0, 0.1) is 0 Å². The molecule has 1 N–H and O–H groups in total. The number of hydrogen-bond donors (Lipinski definition) is 1. The second-order valence-electron chi connectivity index (χ2n) is 4.86. The van der Waals surface area contributed by atoms with Crippen molar-refractivity contribution < 1.29 is 0 Å². The van der Waals surface area contributed by atoms with E-state index in [0.717, 1.165) is 25.6 Å². The maximum absolute atomic E-state index is 4.43. The summed E-state index contributed by atoms with van der Waals surface area (Å²) in [5.41, 5.74) is 1.29. The summed E-state index contributed by atoms with van der Waals surface area (Å²) in [6.45, 7) is 4.05. The zero-order chi connectivity index (χ0) is 12.4. The molecular formula is C14H19N3S. The number of nitrogens with one attached hydrogen (secondary N) is 1. The lowest BCUT2D eigenvalue weighted by Gasteiger charge is -2.07. The number of thiophene rings is 1. The Bertz CT molecular complexity index is 511. The lowest BCUT2D eigenvalue weighted by atomic mass is 10.3. The minimum atomic E-state index is 0.752. The van der Waals surface area contributed by atoms with Gasteiger partial charge in [-0.2, -0.15) is 5.10 Å². The van der Waals surface area contributed by atoms with E-state index in [0.29, 0.717) is 0 Å². The molecular weight excluding hydrogens is 242 g/mol. The Labute approximate surface area is 112 Å². The van der Waals surface area contributed by atoms with Crippen LogP contribution in [-0.2, 0) is 19.5 Å². The fourth-order valence-corrected chi connectivity index (χ4v) is 2.97. The van der Waals surface area contributed by atoms with Crippen LogP contribution in [0.2, 0.25) is 0 Å². The third-order valence-electron chi connectivity index (χ3n) is 3.33. The highest BCUT2D eigenvalue weighted by Crippen LogP contribution is 2.20. The summed E-state index contributed by atoms with van der Waals surface area (Å²) in [6.07, 6.45) is 5.69. The summed E-state index contributed by atoms with van der Waals surface area (Å²) >= 11 is 1.90. The molecule has 4 heteroatoms. The Morgan fingerprint density at radius 1 is 1.33 bits per heavy atom. The lowest BCUT2D eigenvalue weighted by molar-refractivity contribution is 0.596. The van der Waals surface area contributed by atoms with Gasteiger partial charge in [0, 0.05) is 28.5 Å². The molecule has 0 unspecified atom stereocenters. The fraction of sp³-hybridized carbons (Fsp3) is 0.500. The zero-order valence-corrected chi connectivity index (χ0v) is 11.5. The molecule has 0 aromatic carbocycles. The van der Waals surface area contributed by atoms with Crippen LogP contribution in [0.1, 0.15) is 35.2 Å². The summed E-state index contributed by atoms with van der Waals surface area (Å²) in [4.78, 5) is 2.85. The predicted molar refractivity (Wildman–Crippen MR) is 74.9 cm³/mol. The maximum atomic E-state index is 4.43. The van der Waals surface area contributed by atoms with Crippen LogP contribution in [-0.4, -0.2) is 15.8 Å². The molecule has 0 saturated heterocycles. The smallest absolute Gasteiger partial charge is 0.0756 e. The molecule has 3 rings (SSSR count). The van der Waals surface area contributed by atoms with E-state index in [2.05, 4.69) is 40.2 Å². The van der Waals surface area contributed by atoms with Gasteiger partial charge in [0.1, 0.15) is 0 Å². The maximum Gasteiger partial charge on any atom is 0.0756 e. The minimum absolute atomic E-state index is 0.752. The highest BCUT2D eigenvalue weighted by atomic mass is 32.1. The van der Waals surface area contributed by atoms with Crippen molar-refractivity contribution in [2.24, 2.45) is 0 Å². The molecule has 1 fully saturated rings. The van der Waals surface area contributed by atoms with Crippen LogP contribution in [0.5, 0.6) is 0 Å². The van der Waals surface area contributed by atoms with Crippen molar-refractivity contribution in [1.82, 2.24) is 15.1 Å². The third kappa shape index (κ3) is 2.82. The molecule has 3 nitrogen and oxygen atoms in total. The molecule has 18 heavy (non-hydrogen) atoms. The second kappa shape index (κ2) is 5.24. The molecule has 96 valence electrons. The first kappa shape index (κ1) is 11.9. The van der Waals surface area contributed by atoms with Crippen LogP contribution in [0.3, 0.4) is 0 Å². The molecule has 0 radical (unpaired) electrons. The van der Waals surface area contributed by atoms with Crippen LogP contribution < -0.4 is 5.32 Å². The van der Waals surface area contributed by atoms with Gasteiger partial charge in [-0.1, -0.05) is 6.92 Å². The van der Waals surface area contributed by atoms with E-state index in [-0.39, 0.29) is 0 Å². The highest BCUT2D eigenvalue weighted by Gasteiger charge is 2.20. The lowest BCUT2D eigenvalue weighted by Crippen LogP contribution is -2.18. The largest absolute Gasteiger partial charge is 0.308 e. The van der Waals surface area contributed by atoms with Gasteiger partial charge in [0.15, 0.2) is 0 Å². The average Bonchev–Trinajstić information content (AvgIpc) is 2.93. The standard InChI is InChI=1S/C14H19N3S/c1-2-13-5-6-14(18-13)10-17-12(7-8-16-17)9-15-11-3-4-11/h5-8,11,15H,2-4,9-10H2,1H3. The van der Waals surface area contributed by atoms with E-state index < -0.39 is 0 Å². The van der Waals surface area contributed by atoms with Gasteiger partial charge in [-0.25, -0.2) is 0 Å². The van der Waals surface area contributed by atoms with Crippen LogP contribution in [0.25, 0.3) is 0 Å². The minimum Gasteiger partial charge on any atom is -0.308 e. The van der Waals surface area contributed by atoms with Gasteiger partial charge in [0.2, 0.25) is 0 Å². The number of rotatable bonds is 6. The first-order valence-electron chi connectivity index (χ1n) is 6.67. The van der Waals surface area contributed by atoms with Crippen molar-refractivity contribution in [3.8, 4) is 0 Å². The number of aromatic nitrogens is 2. The Morgan fingerprint density at radius 2 is 2.17 bits per heavy atom. The number of aryl methyl sites for hydroxylation is 1. The topological polar surface area (TPSA) is 29.9 Å². The predicted octanol–water partition coefficient (Wildman–Crippen LogP) is 2.81. The van der Waals surface area contributed by atoms with Crippen molar-refractivity contribution in [3.63, 3.8) is 0 Å².